The first kappa shape index (κ1) is 14.3. The van der Waals surface area contributed by atoms with Crippen LogP contribution in [0.15, 0.2) is 12.5 Å². The number of phosphoric acid groups is 1. The Balaban J connectivity index is 0.000000265. The molecule has 0 aliphatic rings. The van der Waals surface area contributed by atoms with Gasteiger partial charge in [0, 0.05) is 20.6 Å². The molecule has 6 nitrogen and oxygen atoms in total. The van der Waals surface area contributed by atoms with Crippen LogP contribution >= 0.6 is 7.82 Å². The second-order valence-electron chi connectivity index (χ2n) is 2.71. The van der Waals surface area contributed by atoms with Crippen molar-refractivity contribution < 1.29 is 23.1 Å². The summed E-state index contributed by atoms with van der Waals surface area (Å²) in [4.78, 5) is 13.0. The molecule has 0 fully saturated rings. The fraction of sp³-hybridized carbons (Fsp3) is 0.625. The van der Waals surface area contributed by atoms with Gasteiger partial charge in [0.25, 0.3) is 7.82 Å². The highest BCUT2D eigenvalue weighted by Gasteiger charge is 1.98. The number of phosphoric ester groups is 1. The summed E-state index contributed by atoms with van der Waals surface area (Å²) in [7, 11) is 0.211. The SMILES string of the molecule is CCc1c[nH]c[n+]1C.COP(=O)([O-])OC. The highest BCUT2D eigenvalue weighted by Crippen LogP contribution is 2.34. The zero-order valence-corrected chi connectivity index (χ0v) is 10.3. The van der Waals surface area contributed by atoms with E-state index in [9.17, 15) is 9.46 Å². The average Bonchev–Trinajstić information content (AvgIpc) is 2.65. The number of rotatable bonds is 3. The number of imidazole rings is 1. The van der Waals surface area contributed by atoms with Gasteiger partial charge in [0.2, 0.25) is 6.33 Å². The van der Waals surface area contributed by atoms with Crippen molar-refractivity contribution in [2.24, 2.45) is 7.05 Å². The summed E-state index contributed by atoms with van der Waals surface area (Å²) in [6.45, 7) is 2.14. The molecule has 0 aliphatic heterocycles. The molecule has 0 saturated heterocycles. The molecular weight excluding hydrogens is 219 g/mol. The van der Waals surface area contributed by atoms with Gasteiger partial charge in [0.05, 0.1) is 7.05 Å². The number of aryl methyl sites for hydroxylation is 2. The summed E-state index contributed by atoms with van der Waals surface area (Å²) in [5.74, 6) is 0. The molecule has 1 aromatic heterocycles. The molecule has 0 saturated carbocycles. The van der Waals surface area contributed by atoms with Crippen molar-refractivity contribution in [1.29, 1.82) is 0 Å². The van der Waals surface area contributed by atoms with Crippen LogP contribution in [0.3, 0.4) is 0 Å². The Bertz CT molecular complexity index is 318. The fourth-order valence-electron chi connectivity index (χ4n) is 0.856. The Kier molecular flexibility index (Phi) is 6.43. The number of aromatic amines is 1. The van der Waals surface area contributed by atoms with Crippen molar-refractivity contribution >= 4 is 7.82 Å². The normalized spacial score (nSPS) is 10.7. The minimum Gasteiger partial charge on any atom is -0.756 e. The van der Waals surface area contributed by atoms with Crippen LogP contribution in [0, 0.1) is 0 Å². The number of aromatic nitrogens is 2. The lowest BCUT2D eigenvalue weighted by molar-refractivity contribution is -0.677. The summed E-state index contributed by atoms with van der Waals surface area (Å²) in [5, 5.41) is 0. The minimum absolute atomic E-state index is 1.04. The second-order valence-corrected chi connectivity index (χ2v) is 4.33. The molecule has 0 radical (unpaired) electrons. The third-order valence-electron chi connectivity index (χ3n) is 1.78. The first-order valence-electron chi connectivity index (χ1n) is 4.40. The lowest BCUT2D eigenvalue weighted by atomic mass is 10.4. The highest BCUT2D eigenvalue weighted by molar-refractivity contribution is 7.45. The summed E-state index contributed by atoms with van der Waals surface area (Å²) >= 11 is 0. The first-order valence-corrected chi connectivity index (χ1v) is 5.86. The molecular formula is C8H17N2O4P. The summed E-state index contributed by atoms with van der Waals surface area (Å²) in [6, 6.07) is 0. The zero-order valence-electron chi connectivity index (χ0n) is 9.39. The van der Waals surface area contributed by atoms with Gasteiger partial charge in [-0.15, -0.1) is 0 Å². The lowest BCUT2D eigenvalue weighted by Gasteiger charge is -2.16. The van der Waals surface area contributed by atoms with E-state index in [1.54, 1.807) is 0 Å². The Morgan fingerprint density at radius 2 is 2.07 bits per heavy atom. The number of nitrogens with one attached hydrogen (secondary N) is 1. The summed E-state index contributed by atoms with van der Waals surface area (Å²) in [5.41, 5.74) is 1.34. The monoisotopic (exact) mass is 236 g/mol. The summed E-state index contributed by atoms with van der Waals surface area (Å²) < 4.78 is 19.8. The maximum atomic E-state index is 9.95. The van der Waals surface area contributed by atoms with Crippen LogP contribution in [-0.4, -0.2) is 19.2 Å². The average molecular weight is 236 g/mol. The standard InChI is InChI=1S/C6H10N2.C2H7O4P/c1-3-6-4-7-5-8(6)2;1-5-7(3,4)6-2/h4-5H,3H2,1-2H3;1-2H3,(H,3,4). The molecule has 1 N–H and O–H groups in total. The molecule has 0 aliphatic carbocycles. The van der Waals surface area contributed by atoms with Gasteiger partial charge in [-0.25, -0.2) is 9.55 Å². The van der Waals surface area contributed by atoms with E-state index in [1.807, 2.05) is 19.6 Å². The van der Waals surface area contributed by atoms with Gasteiger partial charge in [0.1, 0.15) is 11.9 Å². The molecule has 0 aromatic carbocycles. The number of hydrogen-bond acceptors (Lipinski definition) is 4. The first-order chi connectivity index (χ1) is 6.96. The van der Waals surface area contributed by atoms with E-state index in [-0.39, 0.29) is 0 Å². The van der Waals surface area contributed by atoms with Crippen LogP contribution < -0.4 is 9.46 Å². The lowest BCUT2D eigenvalue weighted by Crippen LogP contribution is -2.29. The van der Waals surface area contributed by atoms with Gasteiger partial charge in [-0.2, -0.15) is 0 Å². The smallest absolute Gasteiger partial charge is 0.267 e. The predicted molar refractivity (Wildman–Crippen MR) is 53.0 cm³/mol. The van der Waals surface area contributed by atoms with Crippen molar-refractivity contribution in [3.05, 3.63) is 18.2 Å². The van der Waals surface area contributed by atoms with Gasteiger partial charge in [-0.3, -0.25) is 4.57 Å². The maximum absolute atomic E-state index is 9.95. The Morgan fingerprint density at radius 3 is 2.20 bits per heavy atom. The van der Waals surface area contributed by atoms with Crippen molar-refractivity contribution in [3.63, 3.8) is 0 Å². The van der Waals surface area contributed by atoms with E-state index in [4.69, 9.17) is 0 Å². The quantitative estimate of drug-likeness (QED) is 0.598. The van der Waals surface area contributed by atoms with Gasteiger partial charge in [-0.05, 0) is 0 Å². The molecule has 0 bridgehead atoms. The minimum atomic E-state index is -3.90. The van der Waals surface area contributed by atoms with Gasteiger partial charge < -0.3 is 13.9 Å². The van der Waals surface area contributed by atoms with Gasteiger partial charge in [0.15, 0.2) is 0 Å². The topological polar surface area (TPSA) is 78.3 Å². The predicted octanol–water partition coefficient (Wildman–Crippen LogP) is 0.149. The Labute approximate surface area is 89.5 Å². The van der Waals surface area contributed by atoms with E-state index in [2.05, 4.69) is 25.5 Å². The van der Waals surface area contributed by atoms with Crippen molar-refractivity contribution in [2.45, 2.75) is 13.3 Å². The Morgan fingerprint density at radius 1 is 1.53 bits per heavy atom. The van der Waals surface area contributed by atoms with Crippen LogP contribution in [-0.2, 0) is 27.1 Å². The molecule has 7 heteroatoms. The Hall–Kier alpha value is -0.680. The molecule has 15 heavy (non-hydrogen) atoms. The van der Waals surface area contributed by atoms with Crippen LogP contribution in [0.5, 0.6) is 0 Å². The van der Waals surface area contributed by atoms with Crippen molar-refractivity contribution in [2.75, 3.05) is 14.2 Å². The summed E-state index contributed by atoms with van der Waals surface area (Å²) in [6.07, 6.45) is 5.05. The number of hydrogen-bond donors (Lipinski definition) is 1. The van der Waals surface area contributed by atoms with Crippen LogP contribution in [0.1, 0.15) is 12.6 Å². The van der Waals surface area contributed by atoms with E-state index in [0.29, 0.717) is 0 Å². The van der Waals surface area contributed by atoms with Gasteiger partial charge >= 0.3 is 0 Å². The highest BCUT2D eigenvalue weighted by atomic mass is 31.2. The number of nitrogens with zero attached hydrogens (tertiary/aromatic N) is 1. The molecule has 0 spiro atoms. The van der Waals surface area contributed by atoms with E-state index >= 15 is 0 Å². The van der Waals surface area contributed by atoms with E-state index in [1.165, 1.54) is 5.69 Å². The molecule has 0 atom stereocenters. The maximum Gasteiger partial charge on any atom is 0.267 e. The van der Waals surface area contributed by atoms with Crippen LogP contribution in [0.2, 0.25) is 0 Å². The third kappa shape index (κ3) is 5.69. The second kappa shape index (κ2) is 6.74. The third-order valence-corrected chi connectivity index (χ3v) is 2.68. The van der Waals surface area contributed by atoms with E-state index in [0.717, 1.165) is 20.6 Å². The molecule has 1 heterocycles. The van der Waals surface area contributed by atoms with Crippen molar-refractivity contribution in [1.82, 2.24) is 4.98 Å². The zero-order chi connectivity index (χ0) is 11.9. The molecule has 0 amide bonds. The van der Waals surface area contributed by atoms with Crippen LogP contribution in [0.4, 0.5) is 0 Å². The number of H-pyrrole nitrogens is 1. The largest absolute Gasteiger partial charge is 0.756 e. The molecule has 88 valence electrons. The fourth-order valence-corrected chi connectivity index (χ4v) is 1.01. The van der Waals surface area contributed by atoms with Crippen LogP contribution in [0.25, 0.3) is 0 Å². The molecule has 1 aromatic rings. The van der Waals surface area contributed by atoms with E-state index < -0.39 is 7.82 Å². The van der Waals surface area contributed by atoms with Gasteiger partial charge in [-0.1, -0.05) is 6.92 Å². The van der Waals surface area contributed by atoms with Crippen molar-refractivity contribution in [3.8, 4) is 0 Å². The molecule has 1 rings (SSSR count). The molecule has 0 unspecified atom stereocenters.